The number of thiophene rings is 1. The Morgan fingerprint density at radius 2 is 2.08 bits per heavy atom. The van der Waals surface area contributed by atoms with E-state index in [2.05, 4.69) is 36.3 Å². The lowest BCUT2D eigenvalue weighted by atomic mass is 10.0. The predicted octanol–water partition coefficient (Wildman–Crippen LogP) is 4.83. The van der Waals surface area contributed by atoms with Crippen molar-refractivity contribution in [1.29, 1.82) is 0 Å². The predicted molar refractivity (Wildman–Crippen MR) is 101 cm³/mol. The van der Waals surface area contributed by atoms with Gasteiger partial charge in [-0.15, -0.1) is 11.3 Å². The third kappa shape index (κ3) is 2.90. The number of nitrogens with zero attached hydrogens (tertiary/aromatic N) is 1. The van der Waals surface area contributed by atoms with E-state index < -0.39 is 0 Å². The van der Waals surface area contributed by atoms with Gasteiger partial charge in [-0.25, -0.2) is 0 Å². The summed E-state index contributed by atoms with van der Waals surface area (Å²) in [5.74, 6) is 1.53. The van der Waals surface area contributed by atoms with Crippen LogP contribution in [0, 0.1) is 19.8 Å². The summed E-state index contributed by atoms with van der Waals surface area (Å²) in [4.78, 5) is 5.74. The molecule has 1 N–H and O–H groups in total. The van der Waals surface area contributed by atoms with Crippen molar-refractivity contribution in [1.82, 2.24) is 10.3 Å². The Balaban J connectivity index is 1.82. The van der Waals surface area contributed by atoms with E-state index in [4.69, 9.17) is 16.3 Å². The van der Waals surface area contributed by atoms with E-state index in [0.717, 1.165) is 52.7 Å². The third-order valence-corrected chi connectivity index (χ3v) is 5.69. The van der Waals surface area contributed by atoms with Gasteiger partial charge in [0.2, 0.25) is 0 Å². The normalized spacial score (nSPS) is 14.8. The lowest BCUT2D eigenvalue weighted by molar-refractivity contribution is 0.199. The molecule has 124 valence electrons. The highest BCUT2D eigenvalue weighted by molar-refractivity contribution is 7.19. The minimum Gasteiger partial charge on any atom is -0.492 e. The van der Waals surface area contributed by atoms with Gasteiger partial charge in [0, 0.05) is 46.2 Å². The van der Waals surface area contributed by atoms with Crippen LogP contribution in [0.5, 0.6) is 5.75 Å². The molecule has 3 heterocycles. The van der Waals surface area contributed by atoms with Crippen molar-refractivity contribution in [3.8, 4) is 16.9 Å². The molecule has 0 spiro atoms. The summed E-state index contributed by atoms with van der Waals surface area (Å²) in [6, 6.07) is 8.16. The summed E-state index contributed by atoms with van der Waals surface area (Å²) in [6.45, 7) is 6.97. The third-order valence-electron chi connectivity index (χ3n) is 4.39. The molecule has 1 aliphatic rings. The molecule has 3 nitrogen and oxygen atoms in total. The summed E-state index contributed by atoms with van der Waals surface area (Å²) in [5, 5.41) is 4.02. The molecule has 1 fully saturated rings. The molecule has 3 aromatic rings. The quantitative estimate of drug-likeness (QED) is 0.725. The van der Waals surface area contributed by atoms with Crippen LogP contribution in [0.2, 0.25) is 5.02 Å². The smallest absolute Gasteiger partial charge is 0.130 e. The van der Waals surface area contributed by atoms with Crippen molar-refractivity contribution in [3.05, 3.63) is 45.9 Å². The monoisotopic (exact) mass is 358 g/mol. The van der Waals surface area contributed by atoms with Gasteiger partial charge in [-0.1, -0.05) is 11.6 Å². The molecule has 1 aliphatic heterocycles. The first-order valence-corrected chi connectivity index (χ1v) is 9.30. The maximum absolute atomic E-state index is 6.35. The van der Waals surface area contributed by atoms with E-state index in [0.29, 0.717) is 5.92 Å². The fourth-order valence-electron chi connectivity index (χ4n) is 3.06. The second-order valence-corrected chi connectivity index (χ2v) is 8.06. The largest absolute Gasteiger partial charge is 0.492 e. The van der Waals surface area contributed by atoms with Crippen LogP contribution in [-0.2, 0) is 0 Å². The zero-order valence-corrected chi connectivity index (χ0v) is 15.3. The van der Waals surface area contributed by atoms with Crippen LogP contribution < -0.4 is 10.1 Å². The Bertz CT molecular complexity index is 902. The fourth-order valence-corrected chi connectivity index (χ4v) is 4.33. The molecule has 1 aromatic carbocycles. The van der Waals surface area contributed by atoms with Crippen molar-refractivity contribution < 1.29 is 4.74 Å². The molecule has 0 aliphatic carbocycles. The molecule has 0 unspecified atom stereocenters. The Morgan fingerprint density at radius 1 is 1.25 bits per heavy atom. The van der Waals surface area contributed by atoms with E-state index in [1.807, 2.05) is 18.3 Å². The second-order valence-electron chi connectivity index (χ2n) is 6.36. The van der Waals surface area contributed by atoms with Gasteiger partial charge in [0.25, 0.3) is 0 Å². The summed E-state index contributed by atoms with van der Waals surface area (Å²) in [5.41, 5.74) is 4.30. The molecule has 24 heavy (non-hydrogen) atoms. The SMILES string of the molecule is Cc1cc2nccc(-c3cc(Cl)cc(C)c3OCC3CNC3)c2s1. The maximum atomic E-state index is 6.35. The van der Waals surface area contributed by atoms with Gasteiger partial charge in [0.15, 0.2) is 0 Å². The maximum Gasteiger partial charge on any atom is 0.130 e. The number of rotatable bonds is 4. The molecule has 0 bridgehead atoms. The lowest BCUT2D eigenvalue weighted by Gasteiger charge is -2.27. The van der Waals surface area contributed by atoms with E-state index in [9.17, 15) is 0 Å². The highest BCUT2D eigenvalue weighted by atomic mass is 35.5. The minimum atomic E-state index is 0.592. The number of fused-ring (bicyclic) bond motifs is 1. The van der Waals surface area contributed by atoms with Crippen molar-refractivity contribution in [2.75, 3.05) is 19.7 Å². The van der Waals surface area contributed by atoms with Gasteiger partial charge < -0.3 is 10.1 Å². The Labute approximate surface area is 150 Å². The first kappa shape index (κ1) is 15.9. The number of aryl methyl sites for hydroxylation is 2. The van der Waals surface area contributed by atoms with Crippen LogP contribution in [0.4, 0.5) is 0 Å². The van der Waals surface area contributed by atoms with Gasteiger partial charge in [-0.3, -0.25) is 4.98 Å². The number of hydrogen-bond donors (Lipinski definition) is 1. The van der Waals surface area contributed by atoms with Crippen LogP contribution in [0.1, 0.15) is 10.4 Å². The molecule has 5 heteroatoms. The number of pyridine rings is 1. The molecule has 0 saturated carbocycles. The molecule has 0 radical (unpaired) electrons. The van der Waals surface area contributed by atoms with Crippen LogP contribution in [-0.4, -0.2) is 24.7 Å². The highest BCUT2D eigenvalue weighted by Gasteiger charge is 2.20. The summed E-state index contributed by atoms with van der Waals surface area (Å²) < 4.78 is 7.41. The second kappa shape index (κ2) is 6.36. The van der Waals surface area contributed by atoms with Crippen molar-refractivity contribution in [2.24, 2.45) is 5.92 Å². The Hall–Kier alpha value is -1.62. The van der Waals surface area contributed by atoms with E-state index in [1.165, 1.54) is 9.58 Å². The molecule has 2 aromatic heterocycles. The van der Waals surface area contributed by atoms with Crippen LogP contribution in [0.15, 0.2) is 30.5 Å². The first-order valence-electron chi connectivity index (χ1n) is 8.11. The number of benzene rings is 1. The van der Waals surface area contributed by atoms with Gasteiger partial charge in [-0.2, -0.15) is 0 Å². The minimum absolute atomic E-state index is 0.592. The number of halogens is 1. The van der Waals surface area contributed by atoms with E-state index >= 15 is 0 Å². The lowest BCUT2D eigenvalue weighted by Crippen LogP contribution is -2.45. The molecule has 0 amide bonds. The average molecular weight is 359 g/mol. The fraction of sp³-hybridized carbons (Fsp3) is 0.316. The van der Waals surface area contributed by atoms with E-state index in [-0.39, 0.29) is 0 Å². The number of nitrogens with one attached hydrogen (secondary N) is 1. The summed E-state index contributed by atoms with van der Waals surface area (Å²) in [6.07, 6.45) is 1.86. The summed E-state index contributed by atoms with van der Waals surface area (Å²) in [7, 11) is 0. The number of hydrogen-bond acceptors (Lipinski definition) is 4. The molecule has 1 saturated heterocycles. The van der Waals surface area contributed by atoms with Gasteiger partial charge >= 0.3 is 0 Å². The molecular weight excluding hydrogens is 340 g/mol. The number of aromatic nitrogens is 1. The van der Waals surface area contributed by atoms with Crippen LogP contribution in [0.25, 0.3) is 21.3 Å². The average Bonchev–Trinajstić information content (AvgIpc) is 2.87. The van der Waals surface area contributed by atoms with Gasteiger partial charge in [-0.05, 0) is 43.7 Å². The summed E-state index contributed by atoms with van der Waals surface area (Å²) >= 11 is 8.11. The zero-order chi connectivity index (χ0) is 16.7. The standard InChI is InChI=1S/C19H19ClN2OS/c1-11-5-14(20)7-16(18(11)23-10-13-8-21-9-13)15-3-4-22-17-6-12(2)24-19(15)17/h3-7,13,21H,8-10H2,1-2H3. The van der Waals surface area contributed by atoms with E-state index in [1.54, 1.807) is 11.3 Å². The molecule has 4 rings (SSSR count). The molecule has 0 atom stereocenters. The Morgan fingerprint density at radius 3 is 2.83 bits per heavy atom. The zero-order valence-electron chi connectivity index (χ0n) is 13.7. The first-order chi connectivity index (χ1) is 11.6. The van der Waals surface area contributed by atoms with Gasteiger partial charge in [0.1, 0.15) is 5.75 Å². The van der Waals surface area contributed by atoms with Crippen molar-refractivity contribution in [2.45, 2.75) is 13.8 Å². The topological polar surface area (TPSA) is 34.1 Å². The van der Waals surface area contributed by atoms with Gasteiger partial charge in [0.05, 0.1) is 16.8 Å². The Kier molecular flexibility index (Phi) is 4.21. The molecular formula is C19H19ClN2OS. The number of ether oxygens (including phenoxy) is 1. The van der Waals surface area contributed by atoms with Crippen molar-refractivity contribution in [3.63, 3.8) is 0 Å². The van der Waals surface area contributed by atoms with Crippen LogP contribution >= 0.6 is 22.9 Å². The van der Waals surface area contributed by atoms with Crippen molar-refractivity contribution >= 4 is 33.2 Å². The van der Waals surface area contributed by atoms with Crippen LogP contribution in [0.3, 0.4) is 0 Å². The highest BCUT2D eigenvalue weighted by Crippen LogP contribution is 2.41.